The van der Waals surface area contributed by atoms with Gasteiger partial charge in [-0.3, -0.25) is 0 Å². The Kier molecular flexibility index (Phi) is 7.03. The molecule has 4 aliphatic heterocycles. The Bertz CT molecular complexity index is 1660. The molecule has 2 aromatic rings. The summed E-state index contributed by atoms with van der Waals surface area (Å²) in [5, 5.41) is 4.12. The molecular formula is C30H31ClFN7O2. The van der Waals surface area contributed by atoms with Gasteiger partial charge in [0, 0.05) is 73.2 Å². The highest BCUT2D eigenvalue weighted by Crippen LogP contribution is 2.39. The average molecular weight is 576 g/mol. The SMILES string of the molecule is CC(C)(C)OC(=O)N1CCN(c2ccc(N=c3ncc4cc(-c5ccccc5Cl)c5n(c-4n3)CCN5)cc2F)CC1. The number of piperazine rings is 1. The van der Waals surface area contributed by atoms with Gasteiger partial charge in [-0.25, -0.2) is 19.2 Å². The second-order valence-corrected chi connectivity index (χ2v) is 11.5. The number of halogens is 2. The van der Waals surface area contributed by atoms with Crippen molar-refractivity contribution in [3.8, 4) is 22.5 Å². The number of rotatable bonds is 3. The number of carbonyl (C=O) groups is 1. The quantitative estimate of drug-likeness (QED) is 0.344. The van der Waals surface area contributed by atoms with Gasteiger partial charge < -0.3 is 24.4 Å². The third kappa shape index (κ3) is 5.56. The van der Waals surface area contributed by atoms with E-state index in [1.54, 1.807) is 23.2 Å². The van der Waals surface area contributed by atoms with E-state index in [9.17, 15) is 4.79 Å². The number of nitrogens with zero attached hydrogens (tertiary/aromatic N) is 6. The number of amides is 1. The summed E-state index contributed by atoms with van der Waals surface area (Å²) in [6.45, 7) is 8.96. The molecule has 11 heteroatoms. The molecule has 0 bridgehead atoms. The van der Waals surface area contributed by atoms with Crippen LogP contribution in [0.4, 0.5) is 26.4 Å². The second kappa shape index (κ2) is 10.7. The summed E-state index contributed by atoms with van der Waals surface area (Å²) in [6.07, 6.45) is 1.39. The van der Waals surface area contributed by atoms with E-state index in [0.717, 1.165) is 41.4 Å². The summed E-state index contributed by atoms with van der Waals surface area (Å²) < 4.78 is 22.8. The number of benzene rings is 2. The minimum atomic E-state index is -0.552. The van der Waals surface area contributed by atoms with Crippen LogP contribution in [0.2, 0.25) is 5.02 Å². The number of hydrogen-bond donors (Lipinski definition) is 1. The summed E-state index contributed by atoms with van der Waals surface area (Å²) in [5.41, 5.74) is 3.37. The molecule has 0 atom stereocenters. The van der Waals surface area contributed by atoms with Crippen molar-refractivity contribution in [2.24, 2.45) is 4.99 Å². The van der Waals surface area contributed by atoms with Crippen LogP contribution in [0.25, 0.3) is 22.5 Å². The predicted molar refractivity (Wildman–Crippen MR) is 157 cm³/mol. The number of fused-ring (bicyclic) bond motifs is 3. The molecule has 212 valence electrons. The molecule has 0 spiro atoms. The fourth-order valence-corrected chi connectivity index (χ4v) is 5.43. The normalized spacial score (nSPS) is 15.7. The highest BCUT2D eigenvalue weighted by Gasteiger charge is 2.27. The van der Waals surface area contributed by atoms with Crippen LogP contribution in [-0.4, -0.2) is 63.9 Å². The lowest BCUT2D eigenvalue weighted by molar-refractivity contribution is 0.0240. The maximum atomic E-state index is 15.2. The lowest BCUT2D eigenvalue weighted by Gasteiger charge is -2.36. The van der Waals surface area contributed by atoms with E-state index in [4.69, 9.17) is 21.3 Å². The van der Waals surface area contributed by atoms with Crippen molar-refractivity contribution < 1.29 is 13.9 Å². The van der Waals surface area contributed by atoms with Crippen molar-refractivity contribution in [2.75, 3.05) is 42.9 Å². The van der Waals surface area contributed by atoms with E-state index in [-0.39, 0.29) is 17.5 Å². The first-order valence-electron chi connectivity index (χ1n) is 13.6. The number of anilines is 2. The third-order valence-electron chi connectivity index (χ3n) is 7.09. The predicted octanol–water partition coefficient (Wildman–Crippen LogP) is 5.56. The summed E-state index contributed by atoms with van der Waals surface area (Å²) in [5.74, 6) is 1.30. The molecule has 41 heavy (non-hydrogen) atoms. The van der Waals surface area contributed by atoms with Gasteiger partial charge in [0.1, 0.15) is 23.1 Å². The highest BCUT2D eigenvalue weighted by atomic mass is 35.5. The Hall–Kier alpha value is -4.18. The van der Waals surface area contributed by atoms with E-state index in [2.05, 4.69) is 19.9 Å². The van der Waals surface area contributed by atoms with Gasteiger partial charge in [-0.05, 0) is 45.0 Å². The van der Waals surface area contributed by atoms with Gasteiger partial charge in [0.25, 0.3) is 5.62 Å². The van der Waals surface area contributed by atoms with Gasteiger partial charge in [-0.1, -0.05) is 29.8 Å². The van der Waals surface area contributed by atoms with Crippen LogP contribution >= 0.6 is 11.6 Å². The van der Waals surface area contributed by atoms with Crippen molar-refractivity contribution >= 4 is 34.9 Å². The first-order valence-corrected chi connectivity index (χ1v) is 14.0. The van der Waals surface area contributed by atoms with Crippen LogP contribution in [0, 0.1) is 5.82 Å². The molecule has 2 aromatic carbocycles. The number of nitrogens with one attached hydrogen (secondary N) is 1. The number of aromatic nitrogens is 3. The summed E-state index contributed by atoms with van der Waals surface area (Å²) in [4.78, 5) is 29.6. The fraction of sp³-hybridized carbons (Fsp3) is 0.333. The van der Waals surface area contributed by atoms with Crippen molar-refractivity contribution in [1.29, 1.82) is 0 Å². The van der Waals surface area contributed by atoms with Crippen LogP contribution in [0.3, 0.4) is 0 Å². The molecule has 0 aliphatic carbocycles. The monoisotopic (exact) mass is 575 g/mol. The van der Waals surface area contributed by atoms with Crippen molar-refractivity contribution in [3.63, 3.8) is 0 Å². The zero-order valence-corrected chi connectivity index (χ0v) is 24.0. The van der Waals surface area contributed by atoms with E-state index in [1.807, 2.05) is 56.0 Å². The van der Waals surface area contributed by atoms with Gasteiger partial charge >= 0.3 is 6.09 Å². The smallest absolute Gasteiger partial charge is 0.410 e. The van der Waals surface area contributed by atoms with Crippen molar-refractivity contribution in [1.82, 2.24) is 19.4 Å². The number of ether oxygens (including phenoxy) is 1. The number of hydrogen-bond acceptors (Lipinski definition) is 7. The largest absolute Gasteiger partial charge is 0.444 e. The van der Waals surface area contributed by atoms with Crippen molar-refractivity contribution in [3.05, 3.63) is 71.2 Å². The van der Waals surface area contributed by atoms with Crippen LogP contribution in [0.15, 0.2) is 59.7 Å². The molecule has 9 nitrogen and oxygen atoms in total. The van der Waals surface area contributed by atoms with Crippen LogP contribution in [-0.2, 0) is 11.3 Å². The minimum Gasteiger partial charge on any atom is -0.444 e. The molecule has 1 saturated heterocycles. The molecule has 1 fully saturated rings. The topological polar surface area (TPSA) is 87.9 Å². The maximum Gasteiger partial charge on any atom is 0.410 e. The van der Waals surface area contributed by atoms with E-state index < -0.39 is 5.60 Å². The molecule has 0 unspecified atom stereocenters. The highest BCUT2D eigenvalue weighted by molar-refractivity contribution is 6.33. The summed E-state index contributed by atoms with van der Waals surface area (Å²) in [7, 11) is 0. The first-order chi connectivity index (χ1) is 19.7. The van der Waals surface area contributed by atoms with Crippen molar-refractivity contribution in [2.45, 2.75) is 32.9 Å². The Morgan fingerprint density at radius 3 is 2.56 bits per heavy atom. The Labute approximate surface area is 242 Å². The third-order valence-corrected chi connectivity index (χ3v) is 7.42. The zero-order valence-electron chi connectivity index (χ0n) is 23.2. The summed E-state index contributed by atoms with van der Waals surface area (Å²) >= 11 is 6.50. The molecule has 4 heterocycles. The number of carbonyl (C=O) groups excluding carboxylic acids is 1. The van der Waals surface area contributed by atoms with Gasteiger partial charge in [-0.15, -0.1) is 0 Å². The first kappa shape index (κ1) is 27.0. The van der Waals surface area contributed by atoms with E-state index in [1.165, 1.54) is 6.07 Å². The van der Waals surface area contributed by atoms with Gasteiger partial charge in [0.15, 0.2) is 0 Å². The zero-order chi connectivity index (χ0) is 28.7. The minimum absolute atomic E-state index is 0.253. The average Bonchev–Trinajstić information content (AvgIpc) is 3.43. The molecule has 0 radical (unpaired) electrons. The maximum absolute atomic E-state index is 15.2. The van der Waals surface area contributed by atoms with Gasteiger partial charge in [-0.2, -0.15) is 4.98 Å². The van der Waals surface area contributed by atoms with Crippen LogP contribution < -0.4 is 15.8 Å². The van der Waals surface area contributed by atoms with Gasteiger partial charge in [0.05, 0.1) is 11.4 Å². The van der Waals surface area contributed by atoms with Crippen LogP contribution in [0.5, 0.6) is 0 Å². The molecule has 0 aromatic heterocycles. The molecule has 1 amide bonds. The Balaban J connectivity index is 1.24. The summed E-state index contributed by atoms with van der Waals surface area (Å²) in [6, 6.07) is 14.6. The molecule has 6 rings (SSSR count). The molecule has 0 saturated carbocycles. The molecular weight excluding hydrogens is 545 g/mol. The van der Waals surface area contributed by atoms with Gasteiger partial charge in [0.2, 0.25) is 0 Å². The lowest BCUT2D eigenvalue weighted by Crippen LogP contribution is -2.50. The Morgan fingerprint density at radius 2 is 1.83 bits per heavy atom. The number of pyridine rings is 1. The standard InChI is InChI=1S/C30H31ClFN7O2/c1-30(2,3)41-29(40)38-14-12-37(13-15-38)25-9-8-20(17-24(25)32)35-28-34-18-19-16-22(21-6-4-5-7-23(21)31)27-33-10-11-39(27)26(19)36-28/h4-9,16-18,33H,10-15H2,1-3H3. The van der Waals surface area contributed by atoms with E-state index in [0.29, 0.717) is 42.6 Å². The second-order valence-electron chi connectivity index (χ2n) is 11.1. The molecule has 4 aliphatic rings. The fourth-order valence-electron chi connectivity index (χ4n) is 5.19. The molecule has 1 N–H and O–H groups in total. The lowest BCUT2D eigenvalue weighted by atomic mass is 10.0. The van der Waals surface area contributed by atoms with E-state index >= 15 is 4.39 Å². The van der Waals surface area contributed by atoms with Crippen LogP contribution in [0.1, 0.15) is 20.8 Å². The Morgan fingerprint density at radius 1 is 1.05 bits per heavy atom.